The molecule has 0 spiro atoms. The predicted molar refractivity (Wildman–Crippen MR) is 107 cm³/mol. The molecule has 0 aliphatic rings. The SMILES string of the molecule is COc1ccc(-c2nnc(SC(C)C(=O)c3ccc(Br)cc3)o2)c(OC)c1. The van der Waals surface area contributed by atoms with E-state index in [1.165, 1.54) is 11.8 Å². The van der Waals surface area contributed by atoms with Crippen molar-refractivity contribution in [2.75, 3.05) is 14.2 Å². The van der Waals surface area contributed by atoms with Crippen molar-refractivity contribution in [1.82, 2.24) is 10.2 Å². The third kappa shape index (κ3) is 4.51. The highest BCUT2D eigenvalue weighted by Crippen LogP contribution is 2.34. The molecule has 1 atom stereocenters. The molecule has 0 bridgehead atoms. The molecule has 0 radical (unpaired) electrons. The largest absolute Gasteiger partial charge is 0.497 e. The molecule has 8 heteroatoms. The van der Waals surface area contributed by atoms with E-state index in [2.05, 4.69) is 26.1 Å². The van der Waals surface area contributed by atoms with E-state index < -0.39 is 0 Å². The molecule has 0 amide bonds. The summed E-state index contributed by atoms with van der Waals surface area (Å²) >= 11 is 4.58. The van der Waals surface area contributed by atoms with Crippen LogP contribution in [0.4, 0.5) is 0 Å². The number of hydrogen-bond acceptors (Lipinski definition) is 7. The summed E-state index contributed by atoms with van der Waals surface area (Å²) in [5.41, 5.74) is 1.29. The van der Waals surface area contributed by atoms with Crippen LogP contribution >= 0.6 is 27.7 Å². The second-order valence-electron chi connectivity index (χ2n) is 5.57. The molecule has 140 valence electrons. The van der Waals surface area contributed by atoms with E-state index in [1.807, 2.05) is 19.1 Å². The standard InChI is InChI=1S/C19H17BrN2O4S/c1-11(17(23)12-4-6-13(20)7-5-12)27-19-22-21-18(26-19)15-9-8-14(24-2)10-16(15)25-3/h4-11H,1-3H3. The van der Waals surface area contributed by atoms with E-state index >= 15 is 0 Å². The number of hydrogen-bond donors (Lipinski definition) is 0. The van der Waals surface area contributed by atoms with E-state index in [-0.39, 0.29) is 11.0 Å². The summed E-state index contributed by atoms with van der Waals surface area (Å²) in [4.78, 5) is 12.5. The molecule has 2 aromatic carbocycles. The summed E-state index contributed by atoms with van der Waals surface area (Å²) in [6.45, 7) is 1.81. The van der Waals surface area contributed by atoms with Gasteiger partial charge < -0.3 is 13.9 Å². The van der Waals surface area contributed by atoms with Gasteiger partial charge in [0.15, 0.2) is 5.78 Å². The van der Waals surface area contributed by atoms with Gasteiger partial charge in [0.25, 0.3) is 11.1 Å². The smallest absolute Gasteiger partial charge is 0.277 e. The van der Waals surface area contributed by atoms with E-state index in [0.717, 1.165) is 4.47 Å². The number of ketones is 1. The Morgan fingerprint density at radius 1 is 1.11 bits per heavy atom. The van der Waals surface area contributed by atoms with Crippen LogP contribution in [0, 0.1) is 0 Å². The van der Waals surface area contributed by atoms with E-state index in [9.17, 15) is 4.79 Å². The number of carbonyl (C=O) groups is 1. The van der Waals surface area contributed by atoms with Crippen molar-refractivity contribution in [2.24, 2.45) is 0 Å². The van der Waals surface area contributed by atoms with Gasteiger partial charge in [-0.2, -0.15) is 0 Å². The van der Waals surface area contributed by atoms with Gasteiger partial charge in [0, 0.05) is 16.1 Å². The number of thioether (sulfide) groups is 1. The summed E-state index contributed by atoms with van der Waals surface area (Å²) in [5.74, 6) is 1.54. The molecule has 0 aliphatic heterocycles. The first kappa shape index (κ1) is 19.4. The number of methoxy groups -OCH3 is 2. The normalized spacial score (nSPS) is 11.9. The lowest BCUT2D eigenvalue weighted by atomic mass is 10.1. The molecule has 0 N–H and O–H groups in total. The first-order valence-corrected chi connectivity index (χ1v) is 9.71. The highest BCUT2D eigenvalue weighted by Gasteiger charge is 2.21. The summed E-state index contributed by atoms with van der Waals surface area (Å²) in [6.07, 6.45) is 0. The molecule has 0 aliphatic carbocycles. The van der Waals surface area contributed by atoms with Crippen LogP contribution in [0.15, 0.2) is 56.6 Å². The highest BCUT2D eigenvalue weighted by molar-refractivity contribution is 9.10. The summed E-state index contributed by atoms with van der Waals surface area (Å²) in [6, 6.07) is 12.6. The Balaban J connectivity index is 1.76. The summed E-state index contributed by atoms with van der Waals surface area (Å²) < 4.78 is 17.2. The number of halogens is 1. The summed E-state index contributed by atoms with van der Waals surface area (Å²) in [5, 5.41) is 8.07. The molecular formula is C19H17BrN2O4S. The Hall–Kier alpha value is -2.32. The lowest BCUT2D eigenvalue weighted by Crippen LogP contribution is -2.13. The van der Waals surface area contributed by atoms with Gasteiger partial charge in [-0.15, -0.1) is 10.2 Å². The lowest BCUT2D eigenvalue weighted by Gasteiger charge is -2.08. The number of rotatable bonds is 7. The second kappa shape index (κ2) is 8.58. The first-order valence-electron chi connectivity index (χ1n) is 8.04. The van der Waals surface area contributed by atoms with Crippen LogP contribution in [-0.4, -0.2) is 35.5 Å². The molecule has 27 heavy (non-hydrogen) atoms. The Morgan fingerprint density at radius 2 is 1.85 bits per heavy atom. The van der Waals surface area contributed by atoms with Crippen LogP contribution in [0.5, 0.6) is 11.5 Å². The predicted octanol–water partition coefficient (Wildman–Crippen LogP) is 4.88. The minimum absolute atomic E-state index is 0.00530. The topological polar surface area (TPSA) is 74.5 Å². The Morgan fingerprint density at radius 3 is 2.52 bits per heavy atom. The van der Waals surface area contributed by atoms with E-state index in [1.54, 1.807) is 44.6 Å². The maximum atomic E-state index is 12.5. The van der Waals surface area contributed by atoms with Gasteiger partial charge in [-0.05, 0) is 31.2 Å². The zero-order valence-corrected chi connectivity index (χ0v) is 17.3. The number of nitrogens with zero attached hydrogens (tertiary/aromatic N) is 2. The minimum Gasteiger partial charge on any atom is -0.497 e. The fraction of sp³-hybridized carbons (Fsp3) is 0.211. The fourth-order valence-electron chi connectivity index (χ4n) is 2.40. The quantitative estimate of drug-likeness (QED) is 0.376. The van der Waals surface area contributed by atoms with Gasteiger partial charge >= 0.3 is 0 Å². The van der Waals surface area contributed by atoms with Crippen molar-refractivity contribution in [3.63, 3.8) is 0 Å². The van der Waals surface area contributed by atoms with Crippen LogP contribution < -0.4 is 9.47 Å². The average molecular weight is 449 g/mol. The van der Waals surface area contributed by atoms with Crippen LogP contribution in [0.25, 0.3) is 11.5 Å². The van der Waals surface area contributed by atoms with Crippen molar-refractivity contribution in [1.29, 1.82) is 0 Å². The Kier molecular flexibility index (Phi) is 6.18. The van der Waals surface area contributed by atoms with Crippen molar-refractivity contribution in [3.05, 3.63) is 52.5 Å². The molecule has 3 aromatic rings. The minimum atomic E-state index is -0.364. The Labute approximate surface area is 169 Å². The second-order valence-corrected chi connectivity index (χ2v) is 7.78. The van der Waals surface area contributed by atoms with Crippen molar-refractivity contribution < 1.29 is 18.7 Å². The molecule has 0 fully saturated rings. The van der Waals surface area contributed by atoms with Gasteiger partial charge in [0.1, 0.15) is 11.5 Å². The molecule has 1 heterocycles. The molecule has 0 saturated heterocycles. The molecule has 1 unspecified atom stereocenters. The van der Waals surface area contributed by atoms with E-state index in [0.29, 0.717) is 33.7 Å². The third-order valence-corrected chi connectivity index (χ3v) is 5.28. The average Bonchev–Trinajstić information content (AvgIpc) is 3.15. The monoisotopic (exact) mass is 448 g/mol. The van der Waals surface area contributed by atoms with Crippen molar-refractivity contribution in [2.45, 2.75) is 17.4 Å². The van der Waals surface area contributed by atoms with Crippen LogP contribution in [0.3, 0.4) is 0 Å². The number of Topliss-reactive ketones (excluding diaryl/α,β-unsaturated/α-hetero) is 1. The first-order chi connectivity index (χ1) is 13.0. The maximum Gasteiger partial charge on any atom is 0.277 e. The highest BCUT2D eigenvalue weighted by atomic mass is 79.9. The van der Waals surface area contributed by atoms with Crippen molar-refractivity contribution in [3.8, 4) is 23.0 Å². The Bertz CT molecular complexity index is 943. The van der Waals surface area contributed by atoms with Crippen LogP contribution in [0.2, 0.25) is 0 Å². The van der Waals surface area contributed by atoms with Gasteiger partial charge in [-0.3, -0.25) is 4.79 Å². The van der Waals surface area contributed by atoms with Crippen LogP contribution in [-0.2, 0) is 0 Å². The number of carbonyl (C=O) groups excluding carboxylic acids is 1. The van der Waals surface area contributed by atoms with Gasteiger partial charge in [0.05, 0.1) is 25.0 Å². The number of aromatic nitrogens is 2. The third-order valence-electron chi connectivity index (χ3n) is 3.82. The van der Waals surface area contributed by atoms with Crippen molar-refractivity contribution >= 4 is 33.5 Å². The molecule has 1 aromatic heterocycles. The zero-order chi connectivity index (χ0) is 19.4. The number of benzene rings is 2. The van der Waals surface area contributed by atoms with Crippen LogP contribution in [0.1, 0.15) is 17.3 Å². The maximum absolute atomic E-state index is 12.5. The van der Waals surface area contributed by atoms with Gasteiger partial charge in [-0.1, -0.05) is 39.8 Å². The lowest BCUT2D eigenvalue weighted by molar-refractivity contribution is 0.0993. The molecule has 0 saturated carbocycles. The van der Waals surface area contributed by atoms with Gasteiger partial charge in [-0.25, -0.2) is 0 Å². The molecule has 6 nitrogen and oxygen atoms in total. The van der Waals surface area contributed by atoms with Gasteiger partial charge in [0.2, 0.25) is 0 Å². The number of ether oxygens (including phenoxy) is 2. The summed E-state index contributed by atoms with van der Waals surface area (Å²) in [7, 11) is 3.14. The zero-order valence-electron chi connectivity index (χ0n) is 14.9. The molecular weight excluding hydrogens is 432 g/mol. The fourth-order valence-corrected chi connectivity index (χ4v) is 3.42. The van der Waals surface area contributed by atoms with E-state index in [4.69, 9.17) is 13.9 Å². The molecule has 3 rings (SSSR count).